The Hall–Kier alpha value is 0.340. The van der Waals surface area contributed by atoms with E-state index in [0.29, 0.717) is 12.3 Å². The molecule has 0 aliphatic rings. The molecule has 0 saturated carbocycles. The number of rotatable bonds is 8. The second kappa shape index (κ2) is 6.93. The monoisotopic (exact) mass is 335 g/mol. The fourth-order valence-electron chi connectivity index (χ4n) is 1.08. The van der Waals surface area contributed by atoms with Crippen molar-refractivity contribution in [3.05, 3.63) is 0 Å². The summed E-state index contributed by atoms with van der Waals surface area (Å²) in [6, 6.07) is 0. The summed E-state index contributed by atoms with van der Waals surface area (Å²) in [6.45, 7) is 2.34. The van der Waals surface area contributed by atoms with Crippen molar-refractivity contribution in [2.45, 2.75) is 19.8 Å². The topological polar surface area (TPSA) is 80.3 Å². The van der Waals surface area contributed by atoms with Crippen LogP contribution in [0.5, 0.6) is 0 Å². The predicted molar refractivity (Wildman–Crippen MR) is 68.8 cm³/mol. The number of sulfone groups is 1. The molecule has 0 spiro atoms. The third-order valence-electron chi connectivity index (χ3n) is 1.83. The molecule has 1 atom stereocenters. The summed E-state index contributed by atoms with van der Waals surface area (Å²) in [7, 11) is -7.19. The van der Waals surface area contributed by atoms with Crippen molar-refractivity contribution in [1.82, 2.24) is 4.72 Å². The zero-order valence-electron chi connectivity index (χ0n) is 9.44. The second-order valence-electron chi connectivity index (χ2n) is 3.95. The van der Waals surface area contributed by atoms with Gasteiger partial charge in [-0.05, 0) is 18.8 Å². The highest BCUT2D eigenvalue weighted by Gasteiger charge is 2.17. The smallest absolute Gasteiger partial charge is 0.226 e. The van der Waals surface area contributed by atoms with Crippen molar-refractivity contribution in [2.24, 2.45) is 5.92 Å². The van der Waals surface area contributed by atoms with Gasteiger partial charge >= 0.3 is 0 Å². The van der Waals surface area contributed by atoms with E-state index in [2.05, 4.69) is 27.6 Å². The standard InChI is InChI=1S/C8H18BrNO4S2/c1-8(6-9)4-3-5-10-16(13,14)7-15(2,11)12/h8,10H,3-7H2,1-2H3. The SMILES string of the molecule is CC(CBr)CCCNS(=O)(=O)CS(C)(=O)=O. The highest BCUT2D eigenvalue weighted by molar-refractivity contribution is 9.09. The summed E-state index contributed by atoms with van der Waals surface area (Å²) in [5.41, 5.74) is 0. The molecule has 0 aliphatic heterocycles. The number of alkyl halides is 1. The third kappa shape index (κ3) is 9.56. The van der Waals surface area contributed by atoms with Crippen LogP contribution in [0.1, 0.15) is 19.8 Å². The van der Waals surface area contributed by atoms with E-state index in [4.69, 9.17) is 0 Å². The molecule has 0 amide bonds. The van der Waals surface area contributed by atoms with Crippen LogP contribution in [0, 0.1) is 5.92 Å². The minimum atomic E-state index is -3.69. The molecular formula is C8H18BrNO4S2. The third-order valence-corrected chi connectivity index (χ3v) is 6.53. The van der Waals surface area contributed by atoms with Crippen LogP contribution in [0.3, 0.4) is 0 Å². The van der Waals surface area contributed by atoms with Gasteiger partial charge in [-0.2, -0.15) is 0 Å². The van der Waals surface area contributed by atoms with Crippen molar-refractivity contribution < 1.29 is 16.8 Å². The summed E-state index contributed by atoms with van der Waals surface area (Å²) in [6.07, 6.45) is 2.50. The van der Waals surface area contributed by atoms with E-state index in [1.165, 1.54) is 0 Å². The van der Waals surface area contributed by atoms with Gasteiger partial charge in [0.25, 0.3) is 0 Å². The largest absolute Gasteiger partial charge is 0.228 e. The fourth-order valence-corrected chi connectivity index (χ4v) is 4.45. The van der Waals surface area contributed by atoms with Crippen LogP contribution < -0.4 is 4.72 Å². The molecule has 0 fully saturated rings. The van der Waals surface area contributed by atoms with Crippen LogP contribution in [-0.2, 0) is 19.9 Å². The van der Waals surface area contributed by atoms with E-state index in [-0.39, 0.29) is 6.54 Å². The lowest BCUT2D eigenvalue weighted by Crippen LogP contribution is -2.30. The molecule has 0 saturated heterocycles. The number of halogens is 1. The fraction of sp³-hybridized carbons (Fsp3) is 1.00. The van der Waals surface area contributed by atoms with Gasteiger partial charge in [0.05, 0.1) is 0 Å². The van der Waals surface area contributed by atoms with Crippen LogP contribution in [0.2, 0.25) is 0 Å². The Labute approximate surface area is 106 Å². The Bertz CT molecular complexity index is 390. The van der Waals surface area contributed by atoms with E-state index in [1.54, 1.807) is 0 Å². The average molecular weight is 336 g/mol. The average Bonchev–Trinajstić information content (AvgIpc) is 2.08. The molecule has 0 aromatic carbocycles. The summed E-state index contributed by atoms with van der Waals surface area (Å²) >= 11 is 3.33. The first-order valence-electron chi connectivity index (χ1n) is 4.87. The maximum Gasteiger partial charge on any atom is 0.226 e. The molecule has 0 rings (SSSR count). The Balaban J connectivity index is 3.93. The van der Waals surface area contributed by atoms with Crippen molar-refractivity contribution >= 4 is 35.8 Å². The van der Waals surface area contributed by atoms with Crippen molar-refractivity contribution in [2.75, 3.05) is 23.2 Å². The van der Waals surface area contributed by atoms with E-state index >= 15 is 0 Å². The van der Waals surface area contributed by atoms with Gasteiger partial charge in [-0.15, -0.1) is 0 Å². The molecule has 0 aliphatic carbocycles. The molecule has 16 heavy (non-hydrogen) atoms. The van der Waals surface area contributed by atoms with Crippen LogP contribution >= 0.6 is 15.9 Å². The molecule has 1 unspecified atom stereocenters. The molecule has 1 N–H and O–H groups in total. The highest BCUT2D eigenvalue weighted by atomic mass is 79.9. The number of hydrogen-bond acceptors (Lipinski definition) is 4. The Morgan fingerprint density at radius 3 is 2.25 bits per heavy atom. The number of sulfonamides is 1. The summed E-state index contributed by atoms with van der Waals surface area (Å²) in [5.74, 6) is 0.486. The van der Waals surface area contributed by atoms with Gasteiger partial charge in [-0.1, -0.05) is 22.9 Å². The van der Waals surface area contributed by atoms with Gasteiger partial charge in [0.2, 0.25) is 10.0 Å². The minimum absolute atomic E-state index is 0.287. The van der Waals surface area contributed by atoms with E-state index in [1.807, 2.05) is 0 Å². The van der Waals surface area contributed by atoms with E-state index in [0.717, 1.165) is 18.0 Å². The maximum atomic E-state index is 11.3. The van der Waals surface area contributed by atoms with E-state index in [9.17, 15) is 16.8 Å². The first-order chi connectivity index (χ1) is 7.16. The van der Waals surface area contributed by atoms with Crippen LogP contribution in [0.25, 0.3) is 0 Å². The summed E-state index contributed by atoms with van der Waals surface area (Å²) < 4.78 is 46.4. The quantitative estimate of drug-likeness (QED) is 0.523. The zero-order chi connectivity index (χ0) is 12.8. The minimum Gasteiger partial charge on any atom is -0.228 e. The lowest BCUT2D eigenvalue weighted by molar-refractivity contribution is 0.547. The maximum absolute atomic E-state index is 11.3. The second-order valence-corrected chi connectivity index (χ2v) is 8.91. The first-order valence-corrected chi connectivity index (χ1v) is 9.71. The van der Waals surface area contributed by atoms with Crippen molar-refractivity contribution in [1.29, 1.82) is 0 Å². The number of hydrogen-bond donors (Lipinski definition) is 1. The lowest BCUT2D eigenvalue weighted by Gasteiger charge is -2.08. The molecule has 98 valence electrons. The van der Waals surface area contributed by atoms with Crippen molar-refractivity contribution in [3.8, 4) is 0 Å². The molecule has 0 aromatic rings. The zero-order valence-corrected chi connectivity index (χ0v) is 12.7. The Kier molecular flexibility index (Phi) is 7.07. The summed E-state index contributed by atoms with van der Waals surface area (Å²) in [5, 5.41) is 0.0388. The van der Waals surface area contributed by atoms with Crippen LogP contribution in [0.15, 0.2) is 0 Å². The molecule has 5 nitrogen and oxygen atoms in total. The first kappa shape index (κ1) is 16.3. The van der Waals surface area contributed by atoms with Gasteiger partial charge in [0.15, 0.2) is 14.9 Å². The summed E-state index contributed by atoms with van der Waals surface area (Å²) in [4.78, 5) is 0. The molecule has 0 bridgehead atoms. The van der Waals surface area contributed by atoms with Gasteiger partial charge in [-0.3, -0.25) is 0 Å². The molecular weight excluding hydrogens is 318 g/mol. The van der Waals surface area contributed by atoms with Crippen molar-refractivity contribution in [3.63, 3.8) is 0 Å². The lowest BCUT2D eigenvalue weighted by atomic mass is 10.1. The molecule has 0 heterocycles. The number of nitrogens with one attached hydrogen (secondary N) is 1. The van der Waals surface area contributed by atoms with Crippen LogP contribution in [-0.4, -0.2) is 40.1 Å². The van der Waals surface area contributed by atoms with Gasteiger partial charge in [-0.25, -0.2) is 21.6 Å². The molecule has 8 heteroatoms. The Morgan fingerprint density at radius 1 is 1.25 bits per heavy atom. The van der Waals surface area contributed by atoms with E-state index < -0.39 is 24.9 Å². The van der Waals surface area contributed by atoms with Gasteiger partial charge in [0, 0.05) is 18.1 Å². The Morgan fingerprint density at radius 2 is 1.81 bits per heavy atom. The predicted octanol–water partition coefficient (Wildman–Crippen LogP) is 0.719. The van der Waals surface area contributed by atoms with Gasteiger partial charge in [0.1, 0.15) is 0 Å². The molecule has 0 radical (unpaired) electrons. The highest BCUT2D eigenvalue weighted by Crippen LogP contribution is 2.07. The van der Waals surface area contributed by atoms with Crippen LogP contribution in [0.4, 0.5) is 0 Å². The van der Waals surface area contributed by atoms with Gasteiger partial charge < -0.3 is 0 Å². The normalized spacial score (nSPS) is 14.9. The molecule has 0 aromatic heterocycles.